The highest BCUT2D eigenvalue weighted by Crippen LogP contribution is 2.28. The van der Waals surface area contributed by atoms with E-state index in [2.05, 4.69) is 15.0 Å². The Bertz CT molecular complexity index is 1540. The quantitative estimate of drug-likeness (QED) is 0.410. The van der Waals surface area contributed by atoms with Crippen molar-refractivity contribution in [3.8, 4) is 11.4 Å². The lowest BCUT2D eigenvalue weighted by Crippen LogP contribution is -2.24. The van der Waals surface area contributed by atoms with Crippen LogP contribution in [0.25, 0.3) is 28.7 Å². The number of aromatic nitrogens is 4. The second-order valence-corrected chi connectivity index (χ2v) is 9.54. The van der Waals surface area contributed by atoms with E-state index in [4.69, 9.17) is 4.18 Å². The van der Waals surface area contributed by atoms with Crippen molar-refractivity contribution < 1.29 is 17.0 Å². The Hall–Kier alpha value is -3.44. The van der Waals surface area contributed by atoms with Crippen molar-refractivity contribution in [2.24, 2.45) is 0 Å². The van der Waals surface area contributed by atoms with Crippen molar-refractivity contribution in [3.05, 3.63) is 74.2 Å². The number of halogens is 1. The Balaban J connectivity index is 2.06. The van der Waals surface area contributed by atoms with Crippen LogP contribution in [0.3, 0.4) is 0 Å². The number of rotatable bonds is 5. The molecular weight excluding hydrogens is 455 g/mol. The summed E-state index contributed by atoms with van der Waals surface area (Å²) < 4.78 is 44.0. The molecule has 0 atom stereocenters. The van der Waals surface area contributed by atoms with E-state index in [0.717, 1.165) is 17.3 Å². The highest BCUT2D eigenvalue weighted by atomic mass is 32.2. The summed E-state index contributed by atoms with van der Waals surface area (Å²) in [4.78, 5) is 26.7. The van der Waals surface area contributed by atoms with E-state index in [0.29, 0.717) is 17.1 Å². The highest BCUT2D eigenvalue weighted by molar-refractivity contribution is 7.86. The third-order valence-corrected chi connectivity index (χ3v) is 5.72. The zero-order valence-corrected chi connectivity index (χ0v) is 18.9. The Morgan fingerprint density at radius 1 is 1.16 bits per heavy atom. The van der Waals surface area contributed by atoms with Crippen LogP contribution in [-0.4, -0.2) is 34.2 Å². The van der Waals surface area contributed by atoms with Gasteiger partial charge in [0.1, 0.15) is 11.2 Å². The first-order chi connectivity index (χ1) is 15.1. The standard InChI is InChI=1S/C21H17FN4O4S2/c1-12-17(5-4-10-23-12)26-18(9-6-14-11-31-13(2)24-14)25-16-8-7-15(22)20(19(16)21(26)27)30-32(3,28)29/h4-11H,1-3H3/b9-6+. The fourth-order valence-electron chi connectivity index (χ4n) is 3.14. The third kappa shape index (κ3) is 4.30. The van der Waals surface area contributed by atoms with Gasteiger partial charge in [-0.1, -0.05) is 0 Å². The molecule has 0 spiro atoms. The normalized spacial score (nSPS) is 12.0. The van der Waals surface area contributed by atoms with Crippen molar-refractivity contribution in [1.29, 1.82) is 0 Å². The molecule has 1 aromatic carbocycles. The molecule has 0 aliphatic heterocycles. The molecule has 0 radical (unpaired) electrons. The van der Waals surface area contributed by atoms with E-state index < -0.39 is 27.2 Å². The van der Waals surface area contributed by atoms with E-state index in [1.54, 1.807) is 37.4 Å². The number of fused-ring (bicyclic) bond motifs is 1. The third-order valence-electron chi connectivity index (χ3n) is 4.46. The predicted molar refractivity (Wildman–Crippen MR) is 121 cm³/mol. The van der Waals surface area contributed by atoms with Gasteiger partial charge in [-0.05, 0) is 50.3 Å². The van der Waals surface area contributed by atoms with Crippen molar-refractivity contribution >= 4 is 44.5 Å². The fourth-order valence-corrected chi connectivity index (χ4v) is 4.19. The SMILES string of the molecule is Cc1nc(/C=C/c2nc3ccc(F)c(OS(C)(=O)=O)c3c(=O)n2-c2cccnc2C)cs1. The summed E-state index contributed by atoms with van der Waals surface area (Å²) in [5, 5.41) is 2.45. The van der Waals surface area contributed by atoms with Crippen LogP contribution in [-0.2, 0) is 10.1 Å². The molecule has 3 heterocycles. The van der Waals surface area contributed by atoms with Crippen LogP contribution < -0.4 is 9.74 Å². The lowest BCUT2D eigenvalue weighted by Gasteiger charge is -2.14. The molecule has 4 aromatic rings. The second kappa shape index (κ2) is 8.24. The van der Waals surface area contributed by atoms with Crippen LogP contribution in [0.15, 0.2) is 40.6 Å². The van der Waals surface area contributed by atoms with Gasteiger partial charge in [0.15, 0.2) is 11.6 Å². The maximum absolute atomic E-state index is 14.5. The van der Waals surface area contributed by atoms with Crippen LogP contribution in [0.2, 0.25) is 0 Å². The molecule has 11 heteroatoms. The molecule has 3 aromatic heterocycles. The minimum atomic E-state index is -4.10. The molecule has 0 saturated carbocycles. The highest BCUT2D eigenvalue weighted by Gasteiger charge is 2.22. The molecule has 0 bridgehead atoms. The van der Waals surface area contributed by atoms with Crippen molar-refractivity contribution in [3.63, 3.8) is 0 Å². The predicted octanol–water partition coefficient (Wildman–Crippen LogP) is 3.50. The Kier molecular flexibility index (Phi) is 5.61. The first-order valence-electron chi connectivity index (χ1n) is 9.31. The van der Waals surface area contributed by atoms with Crippen LogP contribution >= 0.6 is 11.3 Å². The second-order valence-electron chi connectivity index (χ2n) is 6.90. The minimum absolute atomic E-state index is 0.0851. The largest absolute Gasteiger partial charge is 0.378 e. The van der Waals surface area contributed by atoms with Crippen LogP contribution in [0, 0.1) is 19.7 Å². The number of pyridine rings is 1. The summed E-state index contributed by atoms with van der Waals surface area (Å²) in [7, 11) is -4.10. The van der Waals surface area contributed by atoms with Gasteiger partial charge in [0, 0.05) is 11.6 Å². The number of aryl methyl sites for hydroxylation is 2. The molecule has 0 N–H and O–H groups in total. The monoisotopic (exact) mass is 472 g/mol. The maximum atomic E-state index is 14.5. The maximum Gasteiger partial charge on any atom is 0.306 e. The van der Waals surface area contributed by atoms with Gasteiger partial charge in [0.25, 0.3) is 5.56 Å². The number of thiazole rings is 1. The number of nitrogens with zero attached hydrogens (tertiary/aromatic N) is 4. The van der Waals surface area contributed by atoms with E-state index >= 15 is 0 Å². The van der Waals surface area contributed by atoms with Gasteiger partial charge in [-0.15, -0.1) is 11.3 Å². The number of benzene rings is 1. The zero-order chi connectivity index (χ0) is 23.0. The zero-order valence-electron chi connectivity index (χ0n) is 17.2. The summed E-state index contributed by atoms with van der Waals surface area (Å²) in [6, 6.07) is 5.62. The van der Waals surface area contributed by atoms with E-state index in [-0.39, 0.29) is 16.7 Å². The molecule has 0 aliphatic carbocycles. The van der Waals surface area contributed by atoms with Crippen LogP contribution in [0.4, 0.5) is 4.39 Å². The summed E-state index contributed by atoms with van der Waals surface area (Å²) in [5.41, 5.74) is 1.02. The van der Waals surface area contributed by atoms with Gasteiger partial charge in [-0.3, -0.25) is 14.3 Å². The number of hydrogen-bond donors (Lipinski definition) is 0. The average Bonchev–Trinajstić information content (AvgIpc) is 3.14. The summed E-state index contributed by atoms with van der Waals surface area (Å²) in [5.74, 6) is -1.44. The minimum Gasteiger partial charge on any atom is -0.378 e. The number of hydrogen-bond acceptors (Lipinski definition) is 8. The first-order valence-corrected chi connectivity index (χ1v) is 12.0. The van der Waals surface area contributed by atoms with E-state index in [9.17, 15) is 17.6 Å². The molecule has 0 amide bonds. The summed E-state index contributed by atoms with van der Waals surface area (Å²) in [6.07, 6.45) is 5.66. The molecule has 4 rings (SSSR count). The lowest BCUT2D eigenvalue weighted by atomic mass is 10.2. The van der Waals surface area contributed by atoms with Gasteiger partial charge in [0.2, 0.25) is 0 Å². The van der Waals surface area contributed by atoms with Gasteiger partial charge < -0.3 is 4.18 Å². The van der Waals surface area contributed by atoms with E-state index in [1.807, 2.05) is 12.3 Å². The molecule has 8 nitrogen and oxygen atoms in total. The molecule has 0 fully saturated rings. The summed E-state index contributed by atoms with van der Waals surface area (Å²) >= 11 is 1.48. The van der Waals surface area contributed by atoms with Crippen molar-refractivity contribution in [2.75, 3.05) is 6.26 Å². The molecule has 32 heavy (non-hydrogen) atoms. The first kappa shape index (κ1) is 21.8. The topological polar surface area (TPSA) is 104 Å². The molecule has 0 aliphatic rings. The smallest absolute Gasteiger partial charge is 0.306 e. The molecular formula is C21H17FN4O4S2. The van der Waals surface area contributed by atoms with Crippen LogP contribution in [0.1, 0.15) is 22.2 Å². The average molecular weight is 473 g/mol. The Morgan fingerprint density at radius 2 is 1.94 bits per heavy atom. The molecule has 0 saturated heterocycles. The summed E-state index contributed by atoms with van der Waals surface area (Å²) in [6.45, 7) is 3.59. The molecule has 0 unspecified atom stereocenters. The van der Waals surface area contributed by atoms with E-state index in [1.165, 1.54) is 22.0 Å². The van der Waals surface area contributed by atoms with Crippen molar-refractivity contribution in [1.82, 2.24) is 19.5 Å². The Morgan fingerprint density at radius 3 is 2.59 bits per heavy atom. The fraction of sp³-hybridized carbons (Fsp3) is 0.143. The lowest BCUT2D eigenvalue weighted by molar-refractivity contribution is 0.470. The molecule has 164 valence electrons. The van der Waals surface area contributed by atoms with Gasteiger partial charge in [-0.25, -0.2) is 14.4 Å². The Labute approximate surface area is 186 Å². The van der Waals surface area contributed by atoms with Gasteiger partial charge in [0.05, 0.1) is 33.9 Å². The van der Waals surface area contributed by atoms with Gasteiger partial charge in [-0.2, -0.15) is 8.42 Å². The van der Waals surface area contributed by atoms with Gasteiger partial charge >= 0.3 is 10.1 Å². The van der Waals surface area contributed by atoms with Crippen molar-refractivity contribution in [2.45, 2.75) is 13.8 Å². The van der Waals surface area contributed by atoms with Crippen LogP contribution in [0.5, 0.6) is 5.75 Å².